The molecule has 1 saturated heterocycles. The Morgan fingerprint density at radius 3 is 1.93 bits per heavy atom. The van der Waals surface area contributed by atoms with Gasteiger partial charge in [-0.05, 0) is 19.2 Å². The van der Waals surface area contributed by atoms with Crippen molar-refractivity contribution in [2.24, 2.45) is 0 Å². The molecule has 2 aromatic carbocycles. The molecule has 5 rings (SSSR count). The Kier molecular flexibility index (Phi) is 10.1. The number of nitrogens with one attached hydrogen (secondary N) is 1. The van der Waals surface area contributed by atoms with Crippen molar-refractivity contribution in [3.8, 4) is 23.0 Å². The average Bonchev–Trinajstić information content (AvgIpc) is 3.33. The van der Waals surface area contributed by atoms with E-state index in [4.69, 9.17) is 35.2 Å². The van der Waals surface area contributed by atoms with Crippen LogP contribution in [0.1, 0.15) is 33.6 Å². The van der Waals surface area contributed by atoms with Gasteiger partial charge in [0.15, 0.2) is 23.0 Å². The van der Waals surface area contributed by atoms with Crippen LogP contribution in [0.25, 0.3) is 0 Å². The molecule has 218 valence electrons. The predicted octanol–water partition coefficient (Wildman–Crippen LogP) is 1.62. The first-order valence-electron chi connectivity index (χ1n) is 13.5. The lowest BCUT2D eigenvalue weighted by molar-refractivity contribution is 0.0659. The lowest BCUT2D eigenvalue weighted by atomic mass is 10.1. The van der Waals surface area contributed by atoms with Crippen LogP contribution in [0.4, 0.5) is 11.4 Å². The second-order valence-corrected chi connectivity index (χ2v) is 9.74. The quantitative estimate of drug-likeness (QED) is 0.365. The van der Waals surface area contributed by atoms with Crippen molar-refractivity contribution < 1.29 is 33.3 Å². The van der Waals surface area contributed by atoms with Crippen LogP contribution in [0, 0.1) is 0 Å². The minimum absolute atomic E-state index is 0.0304. The largest absolute Gasteiger partial charge is 0.489 e. The first kappa shape index (κ1) is 29.1. The maximum absolute atomic E-state index is 12.8. The maximum Gasteiger partial charge on any atom is 0.257 e. The second-order valence-electron chi connectivity index (χ2n) is 9.74. The number of nitrogens with zero attached hydrogens (tertiary/aromatic N) is 2. The van der Waals surface area contributed by atoms with Crippen LogP contribution >= 0.6 is 0 Å². The third kappa shape index (κ3) is 7.39. The molecular formula is C28H39N5O7. The molecule has 5 N–H and O–H groups in total. The highest BCUT2D eigenvalue weighted by Gasteiger charge is 2.27. The molecule has 0 radical (unpaired) electrons. The second kappa shape index (κ2) is 13.9. The van der Waals surface area contributed by atoms with Crippen LogP contribution < -0.4 is 35.7 Å². The van der Waals surface area contributed by atoms with Gasteiger partial charge in [-0.3, -0.25) is 9.59 Å². The van der Waals surface area contributed by atoms with Crippen molar-refractivity contribution in [2.75, 3.05) is 91.4 Å². The fourth-order valence-electron chi connectivity index (χ4n) is 4.46. The maximum atomic E-state index is 12.8. The Balaban J connectivity index is 0.000000186. The molecule has 0 atom stereocenters. The zero-order chi connectivity index (χ0) is 28.5. The van der Waals surface area contributed by atoms with E-state index in [9.17, 15) is 9.59 Å². The molecule has 40 heavy (non-hydrogen) atoms. The molecule has 0 bridgehead atoms. The number of ether oxygens (including phenoxy) is 5. The summed E-state index contributed by atoms with van der Waals surface area (Å²) in [5.41, 5.74) is 13.6. The SMILES string of the molecule is CN1CCN(C(=O)c2cc(N)cc3c2OCCCO3)CC1.COCCNC(=O)c1cc(N)cc2c1OCCCO2. The summed E-state index contributed by atoms with van der Waals surface area (Å²) in [4.78, 5) is 28.9. The van der Waals surface area contributed by atoms with Gasteiger partial charge in [0.05, 0.1) is 44.2 Å². The molecule has 3 heterocycles. The van der Waals surface area contributed by atoms with Gasteiger partial charge in [0.1, 0.15) is 0 Å². The topological polar surface area (TPSA) is 151 Å². The lowest BCUT2D eigenvalue weighted by Crippen LogP contribution is -2.47. The third-order valence-electron chi connectivity index (χ3n) is 6.60. The van der Waals surface area contributed by atoms with Crippen molar-refractivity contribution in [3.05, 3.63) is 35.4 Å². The van der Waals surface area contributed by atoms with E-state index in [2.05, 4.69) is 17.3 Å². The van der Waals surface area contributed by atoms with Gasteiger partial charge >= 0.3 is 0 Å². The smallest absolute Gasteiger partial charge is 0.257 e. The van der Waals surface area contributed by atoms with Gasteiger partial charge in [0.2, 0.25) is 0 Å². The average molecular weight is 558 g/mol. The highest BCUT2D eigenvalue weighted by molar-refractivity contribution is 5.99. The highest BCUT2D eigenvalue weighted by Crippen LogP contribution is 2.37. The summed E-state index contributed by atoms with van der Waals surface area (Å²) in [5.74, 6) is 1.81. The number of hydrogen-bond acceptors (Lipinski definition) is 10. The standard InChI is InChI=1S/C15H21N3O3.C13H18N2O4/c1-17-3-5-18(6-4-17)15(19)12-9-11(16)10-13-14(12)21-8-2-7-20-13;1-17-6-3-15-13(16)10-7-9(14)8-11-12(10)19-5-2-4-18-11/h9-10H,2-8,16H2,1H3;7-8H,2-6,14H2,1H3,(H,15,16). The van der Waals surface area contributed by atoms with Gasteiger partial charge in [-0.25, -0.2) is 0 Å². The van der Waals surface area contributed by atoms with E-state index < -0.39 is 0 Å². The first-order chi connectivity index (χ1) is 19.4. The number of likely N-dealkylation sites (N-methyl/N-ethyl adjacent to an activating group) is 1. The summed E-state index contributed by atoms with van der Waals surface area (Å²) >= 11 is 0. The molecule has 0 spiro atoms. The number of fused-ring (bicyclic) bond motifs is 2. The molecule has 2 amide bonds. The molecule has 0 unspecified atom stereocenters. The summed E-state index contributed by atoms with van der Waals surface area (Å²) in [7, 11) is 3.64. The Labute approximate surface area is 234 Å². The summed E-state index contributed by atoms with van der Waals surface area (Å²) < 4.78 is 27.4. The van der Waals surface area contributed by atoms with E-state index in [1.54, 1.807) is 31.4 Å². The molecular weight excluding hydrogens is 518 g/mol. The Hall–Kier alpha value is -3.90. The molecule has 3 aliphatic rings. The van der Waals surface area contributed by atoms with Gasteiger partial charge in [0.25, 0.3) is 11.8 Å². The van der Waals surface area contributed by atoms with Gasteiger partial charge in [-0.2, -0.15) is 0 Å². The summed E-state index contributed by atoms with van der Waals surface area (Å²) in [5, 5.41) is 2.74. The number of carbonyl (C=O) groups excluding carboxylic acids is 2. The highest BCUT2D eigenvalue weighted by atomic mass is 16.5. The molecule has 0 aromatic heterocycles. The first-order valence-corrected chi connectivity index (χ1v) is 13.5. The number of piperazine rings is 1. The molecule has 2 aromatic rings. The fraction of sp³-hybridized carbons (Fsp3) is 0.500. The van der Waals surface area contributed by atoms with Crippen molar-refractivity contribution in [3.63, 3.8) is 0 Å². The van der Waals surface area contributed by atoms with Crippen LogP contribution in [0.5, 0.6) is 23.0 Å². The van der Waals surface area contributed by atoms with Gasteiger partial charge in [-0.15, -0.1) is 0 Å². The van der Waals surface area contributed by atoms with E-state index in [0.717, 1.165) is 39.0 Å². The molecule has 3 aliphatic heterocycles. The van der Waals surface area contributed by atoms with Gasteiger partial charge in [0, 0.05) is 76.2 Å². The number of amides is 2. The molecule has 0 aliphatic carbocycles. The molecule has 12 nitrogen and oxygen atoms in total. The molecule has 12 heteroatoms. The molecule has 0 saturated carbocycles. The number of hydrogen-bond donors (Lipinski definition) is 3. The van der Waals surface area contributed by atoms with E-state index in [1.807, 2.05) is 4.90 Å². The summed E-state index contributed by atoms with van der Waals surface area (Å²) in [6.07, 6.45) is 1.58. The summed E-state index contributed by atoms with van der Waals surface area (Å²) in [6, 6.07) is 6.68. The fourth-order valence-corrected chi connectivity index (χ4v) is 4.46. The minimum Gasteiger partial charge on any atom is -0.489 e. The Morgan fingerprint density at radius 1 is 0.825 bits per heavy atom. The van der Waals surface area contributed by atoms with Crippen molar-refractivity contribution in [1.29, 1.82) is 0 Å². The number of anilines is 2. The van der Waals surface area contributed by atoms with Gasteiger partial charge < -0.3 is 50.3 Å². The van der Waals surface area contributed by atoms with Crippen LogP contribution in [0.2, 0.25) is 0 Å². The minimum atomic E-state index is -0.244. The zero-order valence-corrected chi connectivity index (χ0v) is 23.2. The third-order valence-corrected chi connectivity index (χ3v) is 6.60. The van der Waals surface area contributed by atoms with E-state index in [-0.39, 0.29) is 11.8 Å². The van der Waals surface area contributed by atoms with Crippen molar-refractivity contribution in [1.82, 2.24) is 15.1 Å². The van der Waals surface area contributed by atoms with Crippen LogP contribution in [-0.4, -0.2) is 102 Å². The van der Waals surface area contributed by atoms with Crippen molar-refractivity contribution in [2.45, 2.75) is 12.8 Å². The van der Waals surface area contributed by atoms with Crippen LogP contribution in [0.15, 0.2) is 24.3 Å². The van der Waals surface area contributed by atoms with E-state index >= 15 is 0 Å². The summed E-state index contributed by atoms with van der Waals surface area (Å²) in [6.45, 7) is 6.31. The monoisotopic (exact) mass is 557 g/mol. The number of benzene rings is 2. The number of carbonyl (C=O) groups is 2. The number of rotatable bonds is 5. The van der Waals surface area contributed by atoms with E-state index in [1.165, 1.54) is 0 Å². The molecule has 1 fully saturated rings. The zero-order valence-electron chi connectivity index (χ0n) is 23.2. The van der Waals surface area contributed by atoms with Crippen LogP contribution in [0.3, 0.4) is 0 Å². The number of methoxy groups -OCH3 is 1. The Morgan fingerprint density at radius 2 is 1.35 bits per heavy atom. The lowest BCUT2D eigenvalue weighted by Gasteiger charge is -2.32. The van der Waals surface area contributed by atoms with E-state index in [0.29, 0.717) is 85.1 Å². The van der Waals surface area contributed by atoms with Crippen LogP contribution in [-0.2, 0) is 4.74 Å². The number of nitrogen functional groups attached to an aromatic ring is 2. The van der Waals surface area contributed by atoms with Crippen molar-refractivity contribution >= 4 is 23.2 Å². The van der Waals surface area contributed by atoms with Gasteiger partial charge in [-0.1, -0.05) is 0 Å². The normalized spacial score (nSPS) is 16.6. The number of nitrogens with two attached hydrogens (primary N) is 2. The Bertz CT molecular complexity index is 1180. The predicted molar refractivity (Wildman–Crippen MR) is 151 cm³/mol.